The van der Waals surface area contributed by atoms with Crippen LogP contribution >= 0.6 is 11.3 Å². The van der Waals surface area contributed by atoms with Crippen molar-refractivity contribution in [2.75, 3.05) is 43.5 Å². The van der Waals surface area contributed by atoms with Crippen molar-refractivity contribution >= 4 is 34.2 Å². The number of piperazine rings is 1. The van der Waals surface area contributed by atoms with Crippen LogP contribution in [0.25, 0.3) is 10.6 Å². The summed E-state index contributed by atoms with van der Waals surface area (Å²) in [4.78, 5) is 30.1. The SMILES string of the molecule is COC(=O)N1CCN(c2ncc(-c3cccc(Nc4cc(C)ccn4)n3)s2)CC1. The molecular weight excluding hydrogens is 388 g/mol. The molecule has 150 valence electrons. The highest BCUT2D eigenvalue weighted by Crippen LogP contribution is 2.31. The first-order valence-electron chi connectivity index (χ1n) is 9.33. The van der Waals surface area contributed by atoms with Crippen LogP contribution in [0.2, 0.25) is 0 Å². The van der Waals surface area contributed by atoms with E-state index in [0.717, 1.165) is 46.0 Å². The number of amides is 1. The molecule has 1 aliphatic heterocycles. The van der Waals surface area contributed by atoms with Crippen LogP contribution in [-0.4, -0.2) is 59.2 Å². The molecule has 1 N–H and O–H groups in total. The van der Waals surface area contributed by atoms with Crippen molar-refractivity contribution in [1.82, 2.24) is 19.9 Å². The Balaban J connectivity index is 1.45. The van der Waals surface area contributed by atoms with Gasteiger partial charge in [-0.2, -0.15) is 0 Å². The van der Waals surface area contributed by atoms with Crippen molar-refractivity contribution in [3.8, 4) is 10.6 Å². The average molecular weight is 411 g/mol. The molecule has 0 atom stereocenters. The number of thiazole rings is 1. The summed E-state index contributed by atoms with van der Waals surface area (Å²) in [5.74, 6) is 1.50. The Hall–Kier alpha value is -3.20. The van der Waals surface area contributed by atoms with Gasteiger partial charge in [-0.25, -0.2) is 19.7 Å². The van der Waals surface area contributed by atoms with Crippen LogP contribution in [0.5, 0.6) is 0 Å². The van der Waals surface area contributed by atoms with E-state index in [2.05, 4.69) is 20.2 Å². The van der Waals surface area contributed by atoms with Gasteiger partial charge in [0.25, 0.3) is 0 Å². The molecule has 0 aromatic carbocycles. The second-order valence-electron chi connectivity index (χ2n) is 6.70. The van der Waals surface area contributed by atoms with Crippen molar-refractivity contribution in [2.45, 2.75) is 6.92 Å². The molecule has 4 heterocycles. The van der Waals surface area contributed by atoms with E-state index in [1.165, 1.54) is 7.11 Å². The number of ether oxygens (including phenoxy) is 1. The van der Waals surface area contributed by atoms with E-state index in [4.69, 9.17) is 9.72 Å². The maximum absolute atomic E-state index is 11.6. The Bertz CT molecular complexity index is 1000. The zero-order valence-corrected chi connectivity index (χ0v) is 17.1. The van der Waals surface area contributed by atoms with Crippen molar-refractivity contribution in [2.24, 2.45) is 0 Å². The summed E-state index contributed by atoms with van der Waals surface area (Å²) in [6.07, 6.45) is 3.35. The zero-order chi connectivity index (χ0) is 20.2. The van der Waals surface area contributed by atoms with Gasteiger partial charge in [0, 0.05) is 38.6 Å². The summed E-state index contributed by atoms with van der Waals surface area (Å²) >= 11 is 1.60. The number of aromatic nitrogens is 3. The lowest BCUT2D eigenvalue weighted by Crippen LogP contribution is -2.48. The van der Waals surface area contributed by atoms with Gasteiger partial charge in [-0.05, 0) is 36.8 Å². The lowest BCUT2D eigenvalue weighted by Gasteiger charge is -2.33. The molecule has 0 radical (unpaired) electrons. The molecule has 1 saturated heterocycles. The summed E-state index contributed by atoms with van der Waals surface area (Å²) in [7, 11) is 1.41. The van der Waals surface area contributed by atoms with Crippen LogP contribution in [0, 0.1) is 6.92 Å². The van der Waals surface area contributed by atoms with Gasteiger partial charge in [0.15, 0.2) is 5.13 Å². The number of pyridine rings is 2. The fourth-order valence-electron chi connectivity index (χ4n) is 3.12. The smallest absolute Gasteiger partial charge is 0.409 e. The predicted molar refractivity (Wildman–Crippen MR) is 114 cm³/mol. The Morgan fingerprint density at radius 3 is 2.72 bits per heavy atom. The summed E-state index contributed by atoms with van der Waals surface area (Å²) < 4.78 is 4.79. The third kappa shape index (κ3) is 4.45. The van der Waals surface area contributed by atoms with Crippen LogP contribution in [0.4, 0.5) is 21.6 Å². The van der Waals surface area contributed by atoms with Crippen molar-refractivity contribution in [3.63, 3.8) is 0 Å². The average Bonchev–Trinajstić information content (AvgIpc) is 3.24. The van der Waals surface area contributed by atoms with Crippen LogP contribution < -0.4 is 10.2 Å². The standard InChI is InChI=1S/C20H22N6O2S/c1-14-6-7-21-18(12-14)24-17-5-3-4-15(23-17)16-13-22-19(29-16)25-8-10-26(11-9-25)20(27)28-2/h3-7,12-13H,8-11H2,1-2H3,(H,21,23,24). The van der Waals surface area contributed by atoms with Gasteiger partial charge in [0.2, 0.25) is 0 Å². The van der Waals surface area contributed by atoms with Crippen molar-refractivity contribution in [3.05, 3.63) is 48.3 Å². The number of anilines is 3. The number of carbonyl (C=O) groups is 1. The van der Waals surface area contributed by atoms with Crippen LogP contribution in [0.15, 0.2) is 42.7 Å². The molecule has 1 amide bonds. The monoisotopic (exact) mass is 410 g/mol. The van der Waals surface area contributed by atoms with E-state index in [1.54, 1.807) is 22.4 Å². The predicted octanol–water partition coefficient (Wildman–Crippen LogP) is 3.54. The second-order valence-corrected chi connectivity index (χ2v) is 7.71. The van der Waals surface area contributed by atoms with E-state index in [0.29, 0.717) is 13.1 Å². The number of nitrogens with one attached hydrogen (secondary N) is 1. The fourth-order valence-corrected chi connectivity index (χ4v) is 4.05. The number of hydrogen-bond acceptors (Lipinski definition) is 8. The molecule has 9 heteroatoms. The zero-order valence-electron chi connectivity index (χ0n) is 16.3. The highest BCUT2D eigenvalue weighted by molar-refractivity contribution is 7.18. The molecule has 0 aliphatic carbocycles. The highest BCUT2D eigenvalue weighted by Gasteiger charge is 2.23. The molecule has 1 fully saturated rings. The normalized spacial score (nSPS) is 14.0. The minimum atomic E-state index is -0.277. The number of nitrogens with zero attached hydrogens (tertiary/aromatic N) is 5. The molecule has 3 aromatic rings. The maximum atomic E-state index is 11.6. The number of methoxy groups -OCH3 is 1. The first-order valence-corrected chi connectivity index (χ1v) is 10.1. The van der Waals surface area contributed by atoms with E-state index < -0.39 is 0 Å². The molecule has 4 rings (SSSR count). The lowest BCUT2D eigenvalue weighted by molar-refractivity contribution is 0.121. The third-order valence-corrected chi connectivity index (χ3v) is 5.73. The van der Waals surface area contributed by atoms with Gasteiger partial charge < -0.3 is 19.9 Å². The second kappa shape index (κ2) is 8.44. The molecule has 0 bridgehead atoms. The van der Waals surface area contributed by atoms with Gasteiger partial charge in [-0.1, -0.05) is 17.4 Å². The number of rotatable bonds is 4. The quantitative estimate of drug-likeness (QED) is 0.704. The Labute approximate surface area is 173 Å². The first-order chi connectivity index (χ1) is 14.1. The van der Waals surface area contributed by atoms with Gasteiger partial charge in [0.05, 0.1) is 17.7 Å². The largest absolute Gasteiger partial charge is 0.453 e. The molecule has 3 aromatic heterocycles. The Kier molecular flexibility index (Phi) is 5.57. The topological polar surface area (TPSA) is 83.5 Å². The van der Waals surface area contributed by atoms with E-state index in [-0.39, 0.29) is 6.09 Å². The molecule has 8 nitrogen and oxygen atoms in total. The molecule has 29 heavy (non-hydrogen) atoms. The molecule has 0 saturated carbocycles. The van der Waals surface area contributed by atoms with Gasteiger partial charge in [-0.3, -0.25) is 0 Å². The lowest BCUT2D eigenvalue weighted by atomic mass is 10.3. The van der Waals surface area contributed by atoms with Crippen molar-refractivity contribution in [1.29, 1.82) is 0 Å². The number of aryl methyl sites for hydroxylation is 1. The van der Waals surface area contributed by atoms with Crippen molar-refractivity contribution < 1.29 is 9.53 Å². The Morgan fingerprint density at radius 2 is 1.97 bits per heavy atom. The van der Waals surface area contributed by atoms with Gasteiger partial charge >= 0.3 is 6.09 Å². The van der Waals surface area contributed by atoms with E-state index in [9.17, 15) is 4.79 Å². The minimum absolute atomic E-state index is 0.277. The summed E-state index contributed by atoms with van der Waals surface area (Å²) in [5.41, 5.74) is 2.00. The Morgan fingerprint density at radius 1 is 1.14 bits per heavy atom. The maximum Gasteiger partial charge on any atom is 0.409 e. The summed E-state index contributed by atoms with van der Waals surface area (Å²) in [5, 5.41) is 4.18. The van der Waals surface area contributed by atoms with Gasteiger partial charge in [0.1, 0.15) is 11.6 Å². The molecule has 1 aliphatic rings. The first kappa shape index (κ1) is 19.1. The van der Waals surface area contributed by atoms with Crippen LogP contribution in [0.3, 0.4) is 0 Å². The minimum Gasteiger partial charge on any atom is -0.453 e. The fraction of sp³-hybridized carbons (Fsp3) is 0.300. The van der Waals surface area contributed by atoms with E-state index in [1.807, 2.05) is 43.5 Å². The summed E-state index contributed by atoms with van der Waals surface area (Å²) in [6.45, 7) is 4.75. The number of carbonyl (C=O) groups excluding carboxylic acids is 1. The number of hydrogen-bond donors (Lipinski definition) is 1. The molecule has 0 unspecified atom stereocenters. The summed E-state index contributed by atoms with van der Waals surface area (Å²) in [6, 6.07) is 9.80. The van der Waals surface area contributed by atoms with E-state index >= 15 is 0 Å². The molecule has 0 spiro atoms. The van der Waals surface area contributed by atoms with Crippen LogP contribution in [-0.2, 0) is 4.74 Å². The van der Waals surface area contributed by atoms with Gasteiger partial charge in [-0.15, -0.1) is 0 Å². The third-order valence-electron chi connectivity index (χ3n) is 4.65. The van der Waals surface area contributed by atoms with Crippen LogP contribution in [0.1, 0.15) is 5.56 Å². The highest BCUT2D eigenvalue weighted by atomic mass is 32.1. The molecular formula is C20H22N6O2S.